The van der Waals surface area contributed by atoms with E-state index >= 15 is 0 Å². The summed E-state index contributed by atoms with van der Waals surface area (Å²) in [6.45, 7) is 3.93. The van der Waals surface area contributed by atoms with Crippen molar-refractivity contribution in [3.05, 3.63) is 89.8 Å². The molecule has 0 saturated heterocycles. The number of ether oxygens (including phenoxy) is 2. The van der Waals surface area contributed by atoms with Crippen molar-refractivity contribution in [3.8, 4) is 0 Å². The number of aromatic nitrogens is 3. The second-order valence-electron chi connectivity index (χ2n) is 6.31. The summed E-state index contributed by atoms with van der Waals surface area (Å²) < 4.78 is 11.7. The lowest BCUT2D eigenvalue weighted by Gasteiger charge is -2.31. The highest BCUT2D eigenvalue weighted by Crippen LogP contribution is 2.34. The average Bonchev–Trinajstić information content (AvgIpc) is 2.74. The molecule has 0 N–H and O–H groups in total. The van der Waals surface area contributed by atoms with Crippen LogP contribution in [0.1, 0.15) is 36.6 Å². The van der Waals surface area contributed by atoms with Crippen LogP contribution in [0.2, 0.25) is 0 Å². The highest BCUT2D eigenvalue weighted by atomic mass is 16.5. The van der Waals surface area contributed by atoms with E-state index in [1.54, 1.807) is 26.6 Å². The number of hydrogen-bond acceptors (Lipinski definition) is 5. The molecule has 3 aromatic rings. The van der Waals surface area contributed by atoms with Gasteiger partial charge in [0, 0.05) is 26.6 Å². The summed E-state index contributed by atoms with van der Waals surface area (Å²) in [4.78, 5) is 13.8. The lowest BCUT2D eigenvalue weighted by Crippen LogP contribution is -2.32. The molecule has 0 aliphatic heterocycles. The number of hydrogen-bond donors (Lipinski definition) is 0. The maximum atomic E-state index is 5.84. The molecule has 2 unspecified atom stereocenters. The number of nitrogens with zero attached hydrogens (tertiary/aromatic N) is 3. The topological polar surface area (TPSA) is 57.1 Å². The summed E-state index contributed by atoms with van der Waals surface area (Å²) in [7, 11) is 3.33. The zero-order chi connectivity index (χ0) is 18.6. The van der Waals surface area contributed by atoms with Gasteiger partial charge in [0.25, 0.3) is 0 Å². The molecule has 3 heterocycles. The van der Waals surface area contributed by atoms with Gasteiger partial charge in [-0.3, -0.25) is 15.0 Å². The third-order valence-electron chi connectivity index (χ3n) is 4.85. The van der Waals surface area contributed by atoms with Crippen LogP contribution >= 0.6 is 0 Å². The van der Waals surface area contributed by atoms with Crippen LogP contribution in [0.5, 0.6) is 0 Å². The van der Waals surface area contributed by atoms with Crippen LogP contribution in [0.4, 0.5) is 0 Å². The maximum Gasteiger partial charge on any atom is 0.148 e. The minimum absolute atomic E-state index is 0.760. The minimum atomic E-state index is -0.768. The summed E-state index contributed by atoms with van der Waals surface area (Å²) in [5, 5.41) is 0. The molecular weight excluding hydrogens is 326 g/mol. The van der Waals surface area contributed by atoms with Gasteiger partial charge in [0.05, 0.1) is 22.8 Å². The Bertz CT molecular complexity index is 789. The van der Waals surface area contributed by atoms with Crippen molar-refractivity contribution in [3.63, 3.8) is 0 Å². The van der Waals surface area contributed by atoms with E-state index in [0.29, 0.717) is 0 Å². The molecule has 0 saturated carbocycles. The van der Waals surface area contributed by atoms with Gasteiger partial charge in [0.2, 0.25) is 0 Å². The van der Waals surface area contributed by atoms with Crippen LogP contribution in [0, 0.1) is 0 Å². The average molecular weight is 349 g/mol. The Morgan fingerprint density at radius 2 is 1.04 bits per heavy atom. The molecule has 134 valence electrons. The summed E-state index contributed by atoms with van der Waals surface area (Å²) in [5.41, 5.74) is 1.57. The van der Waals surface area contributed by atoms with E-state index in [9.17, 15) is 0 Å². The zero-order valence-electron chi connectivity index (χ0n) is 15.5. The van der Waals surface area contributed by atoms with Gasteiger partial charge in [0.1, 0.15) is 11.2 Å². The van der Waals surface area contributed by atoms with Gasteiger partial charge >= 0.3 is 0 Å². The number of pyridine rings is 3. The van der Waals surface area contributed by atoms with Crippen LogP contribution in [0.25, 0.3) is 0 Å². The van der Waals surface area contributed by atoms with E-state index < -0.39 is 11.2 Å². The Balaban J connectivity index is 2.10. The summed E-state index contributed by atoms with van der Waals surface area (Å²) in [6.07, 6.45) is 3.51. The second-order valence-corrected chi connectivity index (χ2v) is 6.31. The third-order valence-corrected chi connectivity index (χ3v) is 4.85. The van der Waals surface area contributed by atoms with Crippen molar-refractivity contribution in [2.45, 2.75) is 25.0 Å². The first-order valence-corrected chi connectivity index (χ1v) is 8.46. The largest absolute Gasteiger partial charge is 0.366 e. The van der Waals surface area contributed by atoms with Crippen LogP contribution in [0.3, 0.4) is 0 Å². The number of methoxy groups -OCH3 is 2. The lowest BCUT2D eigenvalue weighted by molar-refractivity contribution is 0.0223. The second kappa shape index (κ2) is 7.32. The fourth-order valence-corrected chi connectivity index (χ4v) is 2.94. The standard InChI is InChI=1S/C21H23N3O2/c1-20(25-3,16-10-5-7-14-22-16)18-12-9-13-19(24-18)21(2,26-4)17-11-6-8-15-23-17/h5-15H,1-4H3. The first-order chi connectivity index (χ1) is 12.5. The van der Waals surface area contributed by atoms with Gasteiger partial charge in [-0.05, 0) is 50.2 Å². The molecule has 0 bridgehead atoms. The Morgan fingerprint density at radius 3 is 1.38 bits per heavy atom. The Labute approximate surface area is 154 Å². The molecule has 0 aromatic carbocycles. The number of rotatable bonds is 6. The minimum Gasteiger partial charge on any atom is -0.366 e. The summed E-state index contributed by atoms with van der Waals surface area (Å²) in [5.74, 6) is 0. The third kappa shape index (κ3) is 3.11. The molecule has 3 rings (SSSR count). The van der Waals surface area contributed by atoms with Crippen LogP contribution in [-0.4, -0.2) is 29.2 Å². The fourth-order valence-electron chi connectivity index (χ4n) is 2.94. The Hall–Kier alpha value is -2.63. The van der Waals surface area contributed by atoms with E-state index in [1.165, 1.54) is 0 Å². The Kier molecular flexibility index (Phi) is 5.11. The van der Waals surface area contributed by atoms with Crippen molar-refractivity contribution < 1.29 is 9.47 Å². The van der Waals surface area contributed by atoms with Crippen molar-refractivity contribution in [1.29, 1.82) is 0 Å². The predicted molar refractivity (Wildman–Crippen MR) is 99.6 cm³/mol. The van der Waals surface area contributed by atoms with Crippen molar-refractivity contribution in [2.75, 3.05) is 14.2 Å². The summed E-state index contributed by atoms with van der Waals surface area (Å²) in [6, 6.07) is 17.4. The molecule has 2 atom stereocenters. The quantitative estimate of drug-likeness (QED) is 0.679. The molecule has 0 fully saturated rings. The van der Waals surface area contributed by atoms with Crippen LogP contribution < -0.4 is 0 Å². The fraction of sp³-hybridized carbons (Fsp3) is 0.286. The van der Waals surface area contributed by atoms with Gasteiger partial charge in [-0.1, -0.05) is 18.2 Å². The first kappa shape index (κ1) is 18.2. The summed E-state index contributed by atoms with van der Waals surface area (Å²) >= 11 is 0. The van der Waals surface area contributed by atoms with Gasteiger partial charge in [-0.15, -0.1) is 0 Å². The van der Waals surface area contributed by atoms with Crippen molar-refractivity contribution in [2.24, 2.45) is 0 Å². The maximum absolute atomic E-state index is 5.84. The first-order valence-electron chi connectivity index (χ1n) is 8.46. The van der Waals surface area contributed by atoms with E-state index in [1.807, 2.05) is 68.4 Å². The molecule has 26 heavy (non-hydrogen) atoms. The van der Waals surface area contributed by atoms with Gasteiger partial charge in [0.15, 0.2) is 0 Å². The molecule has 0 amide bonds. The Morgan fingerprint density at radius 1 is 0.615 bits per heavy atom. The van der Waals surface area contributed by atoms with E-state index in [4.69, 9.17) is 14.5 Å². The van der Waals surface area contributed by atoms with Crippen molar-refractivity contribution >= 4 is 0 Å². The van der Waals surface area contributed by atoms with Crippen LogP contribution in [-0.2, 0) is 20.7 Å². The van der Waals surface area contributed by atoms with Gasteiger partial charge in [-0.2, -0.15) is 0 Å². The van der Waals surface area contributed by atoms with E-state index in [0.717, 1.165) is 22.8 Å². The molecular formula is C21H23N3O2. The molecule has 0 spiro atoms. The highest BCUT2D eigenvalue weighted by molar-refractivity contribution is 5.32. The van der Waals surface area contributed by atoms with E-state index in [2.05, 4.69) is 9.97 Å². The van der Waals surface area contributed by atoms with Gasteiger partial charge in [-0.25, -0.2) is 0 Å². The van der Waals surface area contributed by atoms with E-state index in [-0.39, 0.29) is 0 Å². The molecule has 5 nitrogen and oxygen atoms in total. The van der Waals surface area contributed by atoms with Gasteiger partial charge < -0.3 is 9.47 Å². The van der Waals surface area contributed by atoms with Crippen molar-refractivity contribution in [1.82, 2.24) is 15.0 Å². The normalized spacial score (nSPS) is 15.8. The lowest BCUT2D eigenvalue weighted by atomic mass is 9.92. The zero-order valence-corrected chi connectivity index (χ0v) is 15.5. The molecule has 0 aliphatic carbocycles. The highest BCUT2D eigenvalue weighted by Gasteiger charge is 2.36. The SMILES string of the molecule is COC(C)(c1ccccn1)c1cccc(C(C)(OC)c2ccccn2)n1. The predicted octanol–water partition coefficient (Wildman–Crippen LogP) is 3.69. The smallest absolute Gasteiger partial charge is 0.148 e. The molecule has 0 radical (unpaired) electrons. The molecule has 3 aromatic heterocycles. The molecule has 0 aliphatic rings. The molecule has 5 heteroatoms. The monoisotopic (exact) mass is 349 g/mol. The van der Waals surface area contributed by atoms with Crippen LogP contribution in [0.15, 0.2) is 67.0 Å².